The Morgan fingerprint density at radius 3 is 2.67 bits per heavy atom. The molecule has 2 saturated heterocycles. The maximum absolute atomic E-state index is 12.7. The number of esters is 1. The molecule has 0 spiro atoms. The maximum atomic E-state index is 12.7. The van der Waals surface area contributed by atoms with Gasteiger partial charge in [0.25, 0.3) is 0 Å². The fraction of sp³-hybridized carbons (Fsp3) is 0.286. The summed E-state index contributed by atoms with van der Waals surface area (Å²) in [5.41, 5.74) is 2.44. The van der Waals surface area contributed by atoms with E-state index in [0.29, 0.717) is 24.2 Å². The first-order chi connectivity index (χ1) is 13.1. The zero-order chi connectivity index (χ0) is 18.9. The van der Waals surface area contributed by atoms with E-state index in [9.17, 15) is 9.59 Å². The summed E-state index contributed by atoms with van der Waals surface area (Å²) in [4.78, 5) is 26.6. The molecule has 1 amide bonds. The predicted octanol–water partition coefficient (Wildman–Crippen LogP) is 3.19. The van der Waals surface area contributed by atoms with Crippen LogP contribution in [0, 0.1) is 11.3 Å². The van der Waals surface area contributed by atoms with Crippen molar-refractivity contribution in [2.45, 2.75) is 30.4 Å². The van der Waals surface area contributed by atoms with Gasteiger partial charge in [0.15, 0.2) is 0 Å². The molecule has 4 rings (SSSR count). The van der Waals surface area contributed by atoms with Crippen molar-refractivity contribution in [2.24, 2.45) is 0 Å². The van der Waals surface area contributed by atoms with Gasteiger partial charge in [-0.05, 0) is 29.7 Å². The van der Waals surface area contributed by atoms with Gasteiger partial charge in [0.2, 0.25) is 5.91 Å². The van der Waals surface area contributed by atoms with Gasteiger partial charge in [-0.2, -0.15) is 5.26 Å². The van der Waals surface area contributed by atoms with E-state index in [1.54, 1.807) is 40.9 Å². The van der Waals surface area contributed by atoms with Crippen LogP contribution in [0.2, 0.25) is 0 Å². The van der Waals surface area contributed by atoms with Gasteiger partial charge in [0.05, 0.1) is 11.6 Å². The highest BCUT2D eigenvalue weighted by molar-refractivity contribution is 8.00. The van der Waals surface area contributed by atoms with Crippen molar-refractivity contribution in [1.82, 2.24) is 4.90 Å². The molecular formula is C21H18N2O3S. The predicted molar refractivity (Wildman–Crippen MR) is 101 cm³/mol. The lowest BCUT2D eigenvalue weighted by Crippen LogP contribution is -2.46. The van der Waals surface area contributed by atoms with Crippen LogP contribution < -0.4 is 0 Å². The smallest absolute Gasteiger partial charge is 0.330 e. The van der Waals surface area contributed by atoms with Crippen molar-refractivity contribution < 1.29 is 14.3 Å². The van der Waals surface area contributed by atoms with Crippen molar-refractivity contribution >= 4 is 23.6 Å². The zero-order valence-electron chi connectivity index (χ0n) is 14.6. The molecule has 2 aliphatic heterocycles. The van der Waals surface area contributed by atoms with E-state index in [-0.39, 0.29) is 18.5 Å². The van der Waals surface area contributed by atoms with E-state index < -0.39 is 10.9 Å². The molecule has 0 N–H and O–H groups in total. The molecule has 2 atom stereocenters. The molecule has 5 nitrogen and oxygen atoms in total. The van der Waals surface area contributed by atoms with Crippen LogP contribution in [-0.2, 0) is 25.8 Å². The van der Waals surface area contributed by atoms with Crippen molar-refractivity contribution in [3.05, 3.63) is 71.3 Å². The van der Waals surface area contributed by atoms with Gasteiger partial charge >= 0.3 is 5.97 Å². The Hall–Kier alpha value is -2.78. The minimum atomic E-state index is -0.566. The second kappa shape index (κ2) is 7.09. The van der Waals surface area contributed by atoms with Crippen LogP contribution in [0.5, 0.6) is 0 Å². The summed E-state index contributed by atoms with van der Waals surface area (Å²) in [5, 5.41) is 8.85. The first-order valence-electron chi connectivity index (χ1n) is 8.81. The van der Waals surface area contributed by atoms with Gasteiger partial charge in [0.1, 0.15) is 17.5 Å². The first-order valence-corrected chi connectivity index (χ1v) is 9.80. The number of carbonyl (C=O) groups is 2. The third kappa shape index (κ3) is 3.08. The number of nitrogens with zero attached hydrogens (tertiary/aromatic N) is 2. The lowest BCUT2D eigenvalue weighted by molar-refractivity contribution is -0.155. The Bertz CT molecular complexity index is 907. The van der Waals surface area contributed by atoms with Crippen LogP contribution in [-0.4, -0.2) is 28.6 Å². The number of hydrogen-bond acceptors (Lipinski definition) is 5. The standard InChI is InChI=1S/C21H18N2O3S/c22-12-15-6-8-16(9-7-15)13-26-20(25)18-14-27-21(11-10-19(24)23(18)21)17-4-2-1-3-5-17/h1-9,18H,10-11,13-14H2/t18-,21-/m1/s1. The summed E-state index contributed by atoms with van der Waals surface area (Å²) in [6.45, 7) is 0.131. The normalized spacial score (nSPS) is 23.7. The number of fused-ring (bicyclic) bond motifs is 1. The Morgan fingerprint density at radius 1 is 1.22 bits per heavy atom. The zero-order valence-corrected chi connectivity index (χ0v) is 15.4. The summed E-state index contributed by atoms with van der Waals surface area (Å²) in [5.74, 6) is 0.163. The third-order valence-electron chi connectivity index (χ3n) is 5.09. The number of carbonyl (C=O) groups excluding carboxylic acids is 2. The van der Waals surface area contributed by atoms with Crippen LogP contribution >= 0.6 is 11.8 Å². The van der Waals surface area contributed by atoms with Crippen LogP contribution in [0.25, 0.3) is 0 Å². The molecule has 2 aromatic carbocycles. The third-order valence-corrected chi connectivity index (χ3v) is 6.68. The van der Waals surface area contributed by atoms with E-state index in [1.165, 1.54) is 0 Å². The molecule has 2 aromatic rings. The monoisotopic (exact) mass is 378 g/mol. The molecule has 2 aliphatic rings. The number of nitriles is 1. The number of amides is 1. The molecule has 0 aromatic heterocycles. The summed E-state index contributed by atoms with van der Waals surface area (Å²) in [6.07, 6.45) is 1.15. The van der Waals surface area contributed by atoms with Gasteiger partial charge in [0, 0.05) is 12.2 Å². The average molecular weight is 378 g/mol. The van der Waals surface area contributed by atoms with Crippen LogP contribution in [0.3, 0.4) is 0 Å². The molecule has 2 heterocycles. The molecule has 0 radical (unpaired) electrons. The molecule has 0 saturated carbocycles. The van der Waals surface area contributed by atoms with Crippen molar-refractivity contribution in [2.75, 3.05) is 5.75 Å². The molecule has 0 bridgehead atoms. The van der Waals surface area contributed by atoms with Crippen LogP contribution in [0.1, 0.15) is 29.5 Å². The van der Waals surface area contributed by atoms with Gasteiger partial charge < -0.3 is 9.64 Å². The lowest BCUT2D eigenvalue weighted by Gasteiger charge is -2.33. The van der Waals surface area contributed by atoms with E-state index in [2.05, 4.69) is 6.07 Å². The highest BCUT2D eigenvalue weighted by Gasteiger charge is 2.57. The Morgan fingerprint density at radius 2 is 1.96 bits per heavy atom. The molecule has 2 fully saturated rings. The van der Waals surface area contributed by atoms with Gasteiger partial charge in [-0.15, -0.1) is 11.8 Å². The maximum Gasteiger partial charge on any atom is 0.330 e. The Kier molecular flexibility index (Phi) is 4.63. The first kappa shape index (κ1) is 17.6. The van der Waals surface area contributed by atoms with Crippen molar-refractivity contribution in [3.8, 4) is 6.07 Å². The molecular weight excluding hydrogens is 360 g/mol. The van der Waals surface area contributed by atoms with Gasteiger partial charge in [-0.3, -0.25) is 4.79 Å². The highest BCUT2D eigenvalue weighted by Crippen LogP contribution is 2.54. The second-order valence-electron chi connectivity index (χ2n) is 6.66. The molecule has 0 unspecified atom stereocenters. The minimum absolute atomic E-state index is 0.00387. The van der Waals surface area contributed by atoms with Gasteiger partial charge in [-0.25, -0.2) is 4.79 Å². The van der Waals surface area contributed by atoms with E-state index in [0.717, 1.165) is 11.1 Å². The molecule has 136 valence electrons. The lowest BCUT2D eigenvalue weighted by atomic mass is 10.0. The van der Waals surface area contributed by atoms with E-state index >= 15 is 0 Å². The summed E-state index contributed by atoms with van der Waals surface area (Å²) >= 11 is 1.65. The molecule has 0 aliphatic carbocycles. The SMILES string of the molecule is N#Cc1ccc(COC(=O)[C@H]2CS[C@@]3(c4ccccc4)CCC(=O)N23)cc1. The van der Waals surface area contributed by atoms with Crippen molar-refractivity contribution in [1.29, 1.82) is 5.26 Å². The summed E-state index contributed by atoms with van der Waals surface area (Å²) in [6, 6.07) is 18.3. The number of benzene rings is 2. The van der Waals surface area contributed by atoms with Crippen LogP contribution in [0.15, 0.2) is 54.6 Å². The topological polar surface area (TPSA) is 70.4 Å². The fourth-order valence-electron chi connectivity index (χ4n) is 3.74. The highest BCUT2D eigenvalue weighted by atomic mass is 32.2. The molecule has 27 heavy (non-hydrogen) atoms. The minimum Gasteiger partial charge on any atom is -0.459 e. The number of thioether (sulfide) groups is 1. The van der Waals surface area contributed by atoms with Gasteiger partial charge in [-0.1, -0.05) is 42.5 Å². The van der Waals surface area contributed by atoms with E-state index in [4.69, 9.17) is 10.00 Å². The summed E-state index contributed by atoms with van der Waals surface area (Å²) in [7, 11) is 0. The number of ether oxygens (including phenoxy) is 1. The van der Waals surface area contributed by atoms with Crippen LogP contribution in [0.4, 0.5) is 0 Å². The second-order valence-corrected chi connectivity index (χ2v) is 7.95. The Balaban J connectivity index is 1.50. The Labute approximate surface area is 161 Å². The fourth-order valence-corrected chi connectivity index (χ4v) is 5.38. The molecule has 6 heteroatoms. The van der Waals surface area contributed by atoms with Crippen molar-refractivity contribution in [3.63, 3.8) is 0 Å². The average Bonchev–Trinajstić information content (AvgIpc) is 3.26. The summed E-state index contributed by atoms with van der Waals surface area (Å²) < 4.78 is 5.49. The van der Waals surface area contributed by atoms with E-state index in [1.807, 2.05) is 30.3 Å². The number of hydrogen-bond donors (Lipinski definition) is 0. The number of rotatable bonds is 4. The quantitative estimate of drug-likeness (QED) is 0.764. The largest absolute Gasteiger partial charge is 0.459 e.